The number of allylic oxidation sites excluding steroid dienone is 2. The van der Waals surface area contributed by atoms with Gasteiger partial charge in [-0.15, -0.1) is 0 Å². The van der Waals surface area contributed by atoms with Gasteiger partial charge in [-0.25, -0.2) is 0 Å². The number of aromatic nitrogens is 2. The topological polar surface area (TPSA) is 190 Å². The number of carbonyl (C=O) groups is 4. The SMILES string of the molecule is COC(=O)CC(C1=C(O)C(=O)C(C(CC(=O)OC)c2cc3ccc(OC)cc3n(C)c2=O)=C(O)C1=O)c1cc2ccc(OC)cc2n(C)c1=O. The first-order valence-electron chi connectivity index (χ1n) is 15.2. The highest BCUT2D eigenvalue weighted by Crippen LogP contribution is 2.41. The number of fused-ring (bicyclic) bond motifs is 2. The Morgan fingerprint density at radius 2 is 0.980 bits per heavy atom. The highest BCUT2D eigenvalue weighted by molar-refractivity contribution is 6.24. The van der Waals surface area contributed by atoms with Crippen LogP contribution in [0.25, 0.3) is 21.8 Å². The predicted molar refractivity (Wildman–Crippen MR) is 180 cm³/mol. The highest BCUT2D eigenvalue weighted by Gasteiger charge is 2.44. The van der Waals surface area contributed by atoms with Gasteiger partial charge in [0.05, 0.1) is 63.5 Å². The van der Waals surface area contributed by atoms with Crippen LogP contribution in [0.2, 0.25) is 0 Å². The van der Waals surface area contributed by atoms with E-state index in [1.165, 1.54) is 49.6 Å². The lowest BCUT2D eigenvalue weighted by atomic mass is 9.76. The molecule has 1 aliphatic rings. The van der Waals surface area contributed by atoms with E-state index in [0.717, 1.165) is 14.2 Å². The normalized spacial score (nSPS) is 14.6. The predicted octanol–water partition coefficient (Wildman–Crippen LogP) is 3.18. The van der Waals surface area contributed by atoms with E-state index < -0.39 is 82.0 Å². The van der Waals surface area contributed by atoms with Crippen LogP contribution >= 0.6 is 0 Å². The number of ketones is 2. The van der Waals surface area contributed by atoms with Crippen molar-refractivity contribution < 1.29 is 48.3 Å². The molecule has 50 heavy (non-hydrogen) atoms. The first kappa shape index (κ1) is 35.1. The summed E-state index contributed by atoms with van der Waals surface area (Å²) in [5.74, 6) is -8.90. The van der Waals surface area contributed by atoms with Crippen LogP contribution in [0.1, 0.15) is 35.8 Å². The number of benzene rings is 2. The molecule has 2 heterocycles. The molecule has 2 N–H and O–H groups in total. The fraction of sp³-hybridized carbons (Fsp3) is 0.278. The Morgan fingerprint density at radius 1 is 0.620 bits per heavy atom. The van der Waals surface area contributed by atoms with Crippen LogP contribution in [0.5, 0.6) is 11.5 Å². The fourth-order valence-electron chi connectivity index (χ4n) is 6.29. The van der Waals surface area contributed by atoms with Crippen LogP contribution < -0.4 is 20.6 Å². The van der Waals surface area contributed by atoms with Crippen LogP contribution in [0.3, 0.4) is 0 Å². The minimum absolute atomic E-state index is 0.153. The maximum Gasteiger partial charge on any atom is 0.306 e. The second-order valence-corrected chi connectivity index (χ2v) is 11.6. The number of ether oxygens (including phenoxy) is 4. The summed E-state index contributed by atoms with van der Waals surface area (Å²) in [6.45, 7) is 0. The van der Waals surface area contributed by atoms with Crippen LogP contribution in [-0.2, 0) is 42.7 Å². The minimum atomic E-state index is -1.56. The van der Waals surface area contributed by atoms with E-state index in [-0.39, 0.29) is 11.1 Å². The molecule has 1 aliphatic carbocycles. The van der Waals surface area contributed by atoms with Gasteiger partial charge in [0.2, 0.25) is 11.6 Å². The van der Waals surface area contributed by atoms with Gasteiger partial charge < -0.3 is 38.3 Å². The third-order valence-corrected chi connectivity index (χ3v) is 9.00. The zero-order chi connectivity index (χ0) is 36.6. The maximum atomic E-state index is 14.1. The van der Waals surface area contributed by atoms with Crippen molar-refractivity contribution >= 4 is 45.3 Å². The molecule has 2 aromatic carbocycles. The van der Waals surface area contributed by atoms with Gasteiger partial charge in [0.1, 0.15) is 11.5 Å². The van der Waals surface area contributed by atoms with Gasteiger partial charge in [0.15, 0.2) is 11.5 Å². The van der Waals surface area contributed by atoms with Gasteiger partial charge in [0, 0.05) is 49.2 Å². The molecule has 14 nitrogen and oxygen atoms in total. The van der Waals surface area contributed by atoms with Crippen LogP contribution in [0.15, 0.2) is 80.8 Å². The summed E-state index contributed by atoms with van der Waals surface area (Å²) in [4.78, 5) is 81.0. The standard InChI is InChI=1S/C36H34N2O12/c1-37-25-13-19(47-3)9-7-17(25)11-23(35(37)45)21(15-27(39)49-5)29-31(41)33(43)30(34(44)32(29)42)22(16-28(40)50-6)24-12-18-8-10-20(48-4)14-26(18)38(2)36(24)46/h7-14,21-22,41,44H,15-16H2,1-6H3. The summed E-state index contributed by atoms with van der Waals surface area (Å²) in [5.41, 5.74) is -2.22. The van der Waals surface area contributed by atoms with Gasteiger partial charge in [0.25, 0.3) is 11.1 Å². The average molecular weight is 687 g/mol. The van der Waals surface area contributed by atoms with Gasteiger partial charge in [-0.3, -0.25) is 28.8 Å². The van der Waals surface area contributed by atoms with E-state index in [1.54, 1.807) is 36.4 Å². The van der Waals surface area contributed by atoms with Crippen molar-refractivity contribution in [2.45, 2.75) is 24.7 Å². The van der Waals surface area contributed by atoms with Gasteiger partial charge in [-0.05, 0) is 47.2 Å². The average Bonchev–Trinajstić information content (AvgIpc) is 3.12. The Morgan fingerprint density at radius 3 is 1.30 bits per heavy atom. The van der Waals surface area contributed by atoms with Crippen molar-refractivity contribution in [3.8, 4) is 11.5 Å². The number of aliphatic hydroxyl groups is 2. The molecular formula is C36H34N2O12. The van der Waals surface area contributed by atoms with Gasteiger partial charge in [-0.1, -0.05) is 0 Å². The Balaban J connectivity index is 1.71. The van der Waals surface area contributed by atoms with E-state index in [9.17, 15) is 39.0 Å². The zero-order valence-corrected chi connectivity index (χ0v) is 28.1. The molecule has 0 saturated heterocycles. The van der Waals surface area contributed by atoms with E-state index >= 15 is 0 Å². The molecule has 14 heteroatoms. The van der Waals surface area contributed by atoms with E-state index in [4.69, 9.17) is 18.9 Å². The van der Waals surface area contributed by atoms with E-state index in [0.29, 0.717) is 33.3 Å². The van der Waals surface area contributed by atoms with Gasteiger partial charge >= 0.3 is 11.9 Å². The van der Waals surface area contributed by atoms with Crippen molar-refractivity contribution in [1.29, 1.82) is 0 Å². The summed E-state index contributed by atoms with van der Waals surface area (Å²) in [6.07, 6.45) is -1.34. The summed E-state index contributed by atoms with van der Waals surface area (Å²) in [5, 5.41) is 23.9. The molecule has 5 rings (SSSR count). The lowest BCUT2D eigenvalue weighted by Crippen LogP contribution is -2.35. The number of Topliss-reactive ketones (excluding diaryl/α,β-unsaturated/α-hetero) is 2. The molecule has 260 valence electrons. The molecule has 2 unspecified atom stereocenters. The molecule has 4 aromatic rings. The van der Waals surface area contributed by atoms with Crippen molar-refractivity contribution in [3.05, 3.63) is 103 Å². The zero-order valence-electron chi connectivity index (χ0n) is 28.1. The number of aryl methyl sites for hydroxylation is 2. The molecule has 2 aromatic heterocycles. The second kappa shape index (κ2) is 13.7. The number of aliphatic hydroxyl groups excluding tert-OH is 2. The van der Waals surface area contributed by atoms with Crippen molar-refractivity contribution in [2.75, 3.05) is 28.4 Å². The summed E-state index contributed by atoms with van der Waals surface area (Å²) in [7, 11) is 8.00. The lowest BCUT2D eigenvalue weighted by Gasteiger charge is -2.27. The number of carbonyl (C=O) groups excluding carboxylic acids is 4. The molecule has 0 bridgehead atoms. The Labute approximate surface area is 284 Å². The third-order valence-electron chi connectivity index (χ3n) is 9.00. The largest absolute Gasteiger partial charge is 0.504 e. The number of hydrogen-bond donors (Lipinski definition) is 2. The van der Waals surface area contributed by atoms with Crippen LogP contribution in [-0.4, -0.2) is 71.3 Å². The van der Waals surface area contributed by atoms with Gasteiger partial charge in [-0.2, -0.15) is 0 Å². The van der Waals surface area contributed by atoms with Crippen molar-refractivity contribution in [3.63, 3.8) is 0 Å². The number of methoxy groups -OCH3 is 4. The lowest BCUT2D eigenvalue weighted by molar-refractivity contribution is -0.142. The molecule has 0 radical (unpaired) electrons. The van der Waals surface area contributed by atoms with Crippen LogP contribution in [0.4, 0.5) is 0 Å². The number of rotatable bonds is 10. The number of hydrogen-bond acceptors (Lipinski definition) is 12. The summed E-state index contributed by atoms with van der Waals surface area (Å²) in [6, 6.07) is 12.6. The Kier molecular flexibility index (Phi) is 9.66. The van der Waals surface area contributed by atoms with Crippen molar-refractivity contribution in [2.24, 2.45) is 14.1 Å². The highest BCUT2D eigenvalue weighted by atomic mass is 16.5. The smallest absolute Gasteiger partial charge is 0.306 e. The molecule has 0 spiro atoms. The van der Waals surface area contributed by atoms with Crippen LogP contribution in [0, 0.1) is 0 Å². The molecule has 0 aliphatic heterocycles. The Bertz CT molecular complexity index is 2130. The molecular weight excluding hydrogens is 652 g/mol. The quantitative estimate of drug-likeness (QED) is 0.183. The molecule has 0 saturated carbocycles. The molecule has 0 fully saturated rings. The first-order chi connectivity index (χ1) is 23.8. The minimum Gasteiger partial charge on any atom is -0.504 e. The van der Waals surface area contributed by atoms with E-state index in [2.05, 4.69) is 0 Å². The van der Waals surface area contributed by atoms with Crippen molar-refractivity contribution in [1.82, 2.24) is 9.13 Å². The Hall–Kier alpha value is -6.18. The van der Waals surface area contributed by atoms with E-state index in [1.807, 2.05) is 0 Å². The second-order valence-electron chi connectivity index (χ2n) is 11.6. The summed E-state index contributed by atoms with van der Waals surface area (Å²) >= 11 is 0. The fourth-order valence-corrected chi connectivity index (χ4v) is 6.29. The molecule has 0 amide bonds. The maximum absolute atomic E-state index is 14.1. The number of pyridine rings is 2. The first-order valence-corrected chi connectivity index (χ1v) is 15.2. The summed E-state index contributed by atoms with van der Waals surface area (Å²) < 4.78 is 22.7. The molecule has 2 atom stereocenters. The monoisotopic (exact) mass is 686 g/mol. The number of esters is 2. The number of nitrogens with zero attached hydrogens (tertiary/aromatic N) is 2. The third kappa shape index (κ3) is 5.99.